The van der Waals surface area contributed by atoms with Crippen molar-refractivity contribution in [3.8, 4) is 11.3 Å². The lowest BCUT2D eigenvalue weighted by molar-refractivity contribution is -0.134. The van der Waals surface area contributed by atoms with Crippen LogP contribution in [-0.4, -0.2) is 58.4 Å². The molecule has 4 aromatic rings. The fourth-order valence-electron chi connectivity index (χ4n) is 4.42. The summed E-state index contributed by atoms with van der Waals surface area (Å²) in [6.45, 7) is 3.40. The lowest BCUT2D eigenvalue weighted by Gasteiger charge is -2.39. The van der Waals surface area contributed by atoms with E-state index in [4.69, 9.17) is 15.5 Å². The summed E-state index contributed by atoms with van der Waals surface area (Å²) in [4.78, 5) is 24.5. The van der Waals surface area contributed by atoms with Crippen LogP contribution in [0.5, 0.6) is 0 Å². The molecule has 0 aliphatic carbocycles. The smallest absolute Gasteiger partial charge is 0.251 e. The van der Waals surface area contributed by atoms with Gasteiger partial charge in [0, 0.05) is 30.6 Å². The average Bonchev–Trinajstić information content (AvgIpc) is 3.31. The predicted molar refractivity (Wildman–Crippen MR) is 141 cm³/mol. The van der Waals surface area contributed by atoms with Gasteiger partial charge in [0.2, 0.25) is 5.95 Å². The maximum Gasteiger partial charge on any atom is 0.251 e. The number of rotatable bonds is 7. The number of nitrogen functional groups attached to an aromatic ring is 1. The highest BCUT2D eigenvalue weighted by Crippen LogP contribution is 2.30. The molecule has 1 amide bonds. The van der Waals surface area contributed by atoms with Crippen molar-refractivity contribution in [1.82, 2.24) is 25.5 Å². The number of anilines is 3. The molecule has 0 spiro atoms. The summed E-state index contributed by atoms with van der Waals surface area (Å²) in [5.74, 6) is 1.57. The molecule has 2 aromatic heterocycles. The number of nitrogens with two attached hydrogens (primary N) is 1. The van der Waals surface area contributed by atoms with E-state index in [1.807, 2.05) is 54.6 Å². The van der Waals surface area contributed by atoms with Gasteiger partial charge in [-0.25, -0.2) is 4.98 Å². The normalized spacial score (nSPS) is 17.8. The molecule has 3 heterocycles. The van der Waals surface area contributed by atoms with E-state index >= 15 is 0 Å². The number of carbonyl (C=O) groups excluding carboxylic acids is 1. The van der Waals surface area contributed by atoms with E-state index in [2.05, 4.69) is 37.6 Å². The highest BCUT2D eigenvalue weighted by molar-refractivity contribution is 5.91. The standard InChI is InChI=1S/C26H30N8O2/c1-3-18-15-36-22(25(35)29-13-16-7-5-4-6-8-16)14-34(18)23-12-20(30-26(28-2)31-23)17-9-10-19-21(11-17)32-33-24(19)27/h4-12,18,22H,3,13-15H2,1-2H3,(H,29,35)(H3,27,32,33)(H,28,30,31). The molecule has 1 saturated heterocycles. The Bertz CT molecular complexity index is 1360. The highest BCUT2D eigenvalue weighted by atomic mass is 16.5. The number of ether oxygens (including phenoxy) is 1. The molecule has 0 saturated carbocycles. The van der Waals surface area contributed by atoms with E-state index in [1.54, 1.807) is 7.05 Å². The predicted octanol–water partition coefficient (Wildman–Crippen LogP) is 2.94. The largest absolute Gasteiger partial charge is 0.382 e. The zero-order chi connectivity index (χ0) is 25.1. The molecule has 1 aliphatic rings. The number of aromatic nitrogens is 4. The maximum absolute atomic E-state index is 13.0. The third-order valence-corrected chi connectivity index (χ3v) is 6.48. The van der Waals surface area contributed by atoms with Gasteiger partial charge in [0.05, 0.1) is 30.4 Å². The van der Waals surface area contributed by atoms with Crippen LogP contribution in [0.2, 0.25) is 0 Å². The Hall–Kier alpha value is -4.18. The van der Waals surface area contributed by atoms with E-state index in [9.17, 15) is 4.79 Å². The number of fused-ring (bicyclic) bond motifs is 1. The van der Waals surface area contributed by atoms with Crippen LogP contribution in [0.25, 0.3) is 22.2 Å². The summed E-state index contributed by atoms with van der Waals surface area (Å²) in [6.07, 6.45) is 0.253. The van der Waals surface area contributed by atoms with Crippen LogP contribution in [0.4, 0.5) is 17.6 Å². The minimum Gasteiger partial charge on any atom is -0.382 e. The summed E-state index contributed by atoms with van der Waals surface area (Å²) in [5, 5.41) is 14.0. The van der Waals surface area contributed by atoms with Crippen LogP contribution in [0, 0.1) is 0 Å². The fraction of sp³-hybridized carbons (Fsp3) is 0.308. The maximum atomic E-state index is 13.0. The van der Waals surface area contributed by atoms with Crippen molar-refractivity contribution in [3.05, 3.63) is 60.2 Å². The van der Waals surface area contributed by atoms with Crippen molar-refractivity contribution in [3.63, 3.8) is 0 Å². The molecular weight excluding hydrogens is 456 g/mol. The van der Waals surface area contributed by atoms with E-state index in [0.29, 0.717) is 31.5 Å². The van der Waals surface area contributed by atoms with Gasteiger partial charge < -0.3 is 26.0 Å². The molecule has 2 unspecified atom stereocenters. The number of amides is 1. The molecule has 5 N–H and O–H groups in total. The molecule has 10 nitrogen and oxygen atoms in total. The molecule has 10 heteroatoms. The summed E-state index contributed by atoms with van der Waals surface area (Å²) in [6, 6.07) is 17.7. The van der Waals surface area contributed by atoms with Crippen LogP contribution in [-0.2, 0) is 16.1 Å². The van der Waals surface area contributed by atoms with Gasteiger partial charge in [-0.05, 0) is 24.1 Å². The van der Waals surface area contributed by atoms with Crippen molar-refractivity contribution in [2.75, 3.05) is 36.1 Å². The van der Waals surface area contributed by atoms with Gasteiger partial charge >= 0.3 is 0 Å². The third-order valence-electron chi connectivity index (χ3n) is 6.48. The Morgan fingerprint density at radius 1 is 1.19 bits per heavy atom. The average molecular weight is 487 g/mol. The summed E-state index contributed by atoms with van der Waals surface area (Å²) >= 11 is 0. The van der Waals surface area contributed by atoms with Crippen molar-refractivity contribution >= 4 is 34.4 Å². The van der Waals surface area contributed by atoms with Crippen LogP contribution in [0.15, 0.2) is 54.6 Å². The first-order chi connectivity index (χ1) is 17.6. The van der Waals surface area contributed by atoms with Gasteiger partial charge in [-0.15, -0.1) is 0 Å². The molecule has 1 fully saturated rings. The SMILES string of the molecule is CCC1COC(C(=O)NCc2ccccc2)CN1c1cc(-c2ccc3c(N)n[nH]c3c2)nc(NC)n1. The molecule has 186 valence electrons. The molecule has 2 aromatic carbocycles. The zero-order valence-corrected chi connectivity index (χ0v) is 20.4. The second-order valence-electron chi connectivity index (χ2n) is 8.79. The van der Waals surface area contributed by atoms with Gasteiger partial charge in [-0.2, -0.15) is 10.1 Å². The van der Waals surface area contributed by atoms with Gasteiger partial charge in [-0.3, -0.25) is 9.89 Å². The Morgan fingerprint density at radius 2 is 2.03 bits per heavy atom. The van der Waals surface area contributed by atoms with E-state index < -0.39 is 6.10 Å². The van der Waals surface area contributed by atoms with Gasteiger partial charge in [0.15, 0.2) is 11.9 Å². The number of nitrogens with one attached hydrogen (secondary N) is 3. The summed E-state index contributed by atoms with van der Waals surface area (Å²) < 4.78 is 5.97. The molecule has 1 aliphatic heterocycles. The zero-order valence-electron chi connectivity index (χ0n) is 20.4. The van der Waals surface area contributed by atoms with Gasteiger partial charge in [0.25, 0.3) is 5.91 Å². The molecule has 0 bridgehead atoms. The Balaban J connectivity index is 1.40. The quantitative estimate of drug-likeness (QED) is 0.313. The molecule has 36 heavy (non-hydrogen) atoms. The minimum absolute atomic E-state index is 0.0884. The Morgan fingerprint density at radius 3 is 2.81 bits per heavy atom. The Kier molecular flexibility index (Phi) is 6.68. The van der Waals surface area contributed by atoms with Crippen LogP contribution >= 0.6 is 0 Å². The number of aromatic amines is 1. The second-order valence-corrected chi connectivity index (χ2v) is 8.79. The first-order valence-electron chi connectivity index (χ1n) is 12.1. The molecular formula is C26H30N8O2. The third kappa shape index (κ3) is 4.80. The Labute approximate surface area is 209 Å². The molecule has 0 radical (unpaired) electrons. The lowest BCUT2D eigenvalue weighted by atomic mass is 10.1. The van der Waals surface area contributed by atoms with E-state index in [1.165, 1.54) is 0 Å². The summed E-state index contributed by atoms with van der Waals surface area (Å²) in [7, 11) is 1.79. The molecule has 2 atom stereocenters. The molecule has 5 rings (SSSR count). The minimum atomic E-state index is -0.600. The lowest BCUT2D eigenvalue weighted by Crippen LogP contribution is -2.54. The van der Waals surface area contributed by atoms with E-state index in [-0.39, 0.29) is 11.9 Å². The number of H-pyrrole nitrogens is 1. The van der Waals surface area contributed by atoms with Crippen LogP contribution in [0.1, 0.15) is 18.9 Å². The van der Waals surface area contributed by atoms with Gasteiger partial charge in [0.1, 0.15) is 5.82 Å². The fourth-order valence-corrected chi connectivity index (χ4v) is 4.42. The van der Waals surface area contributed by atoms with Crippen molar-refractivity contribution in [2.45, 2.75) is 32.0 Å². The van der Waals surface area contributed by atoms with Crippen LogP contribution < -0.4 is 21.3 Å². The first-order valence-corrected chi connectivity index (χ1v) is 12.1. The highest BCUT2D eigenvalue weighted by Gasteiger charge is 2.33. The van der Waals surface area contributed by atoms with Gasteiger partial charge in [-0.1, -0.05) is 43.3 Å². The second kappa shape index (κ2) is 10.2. The van der Waals surface area contributed by atoms with Crippen molar-refractivity contribution in [1.29, 1.82) is 0 Å². The number of hydrogen-bond donors (Lipinski definition) is 4. The first kappa shape index (κ1) is 23.6. The van der Waals surface area contributed by atoms with Crippen molar-refractivity contribution < 1.29 is 9.53 Å². The number of carbonyl (C=O) groups is 1. The summed E-state index contributed by atoms with van der Waals surface area (Å²) in [5.41, 5.74) is 9.47. The van der Waals surface area contributed by atoms with E-state index in [0.717, 1.165) is 40.0 Å². The van der Waals surface area contributed by atoms with Crippen LogP contribution in [0.3, 0.4) is 0 Å². The number of hydrogen-bond acceptors (Lipinski definition) is 8. The number of morpholine rings is 1. The monoisotopic (exact) mass is 486 g/mol. The number of benzene rings is 2. The topological polar surface area (TPSA) is 134 Å². The van der Waals surface area contributed by atoms with Crippen molar-refractivity contribution in [2.24, 2.45) is 0 Å². The number of nitrogens with zero attached hydrogens (tertiary/aromatic N) is 4.